The Labute approximate surface area is 308 Å². The van der Waals surface area contributed by atoms with E-state index < -0.39 is 24.2 Å². The summed E-state index contributed by atoms with van der Waals surface area (Å²) >= 11 is 0. The van der Waals surface area contributed by atoms with Crippen LogP contribution >= 0.6 is 0 Å². The number of hydrogen-bond donors (Lipinski definition) is 4. The summed E-state index contributed by atoms with van der Waals surface area (Å²) in [6.45, 7) is 16.5. The number of rotatable bonds is 4. The zero-order valence-corrected chi connectivity index (χ0v) is 31.8. The second-order valence-corrected chi connectivity index (χ2v) is 14.4. The smallest absolute Gasteiger partial charge is 0.245 e. The highest BCUT2D eigenvalue weighted by Gasteiger charge is 2.24. The van der Waals surface area contributed by atoms with Gasteiger partial charge in [-0.3, -0.25) is 39.1 Å². The molecule has 2 aromatic carbocycles. The summed E-state index contributed by atoms with van der Waals surface area (Å²) in [5.74, 6) is -1.07. The van der Waals surface area contributed by atoms with E-state index in [2.05, 4.69) is 41.2 Å². The number of nitrogens with one attached hydrogen (secondary N) is 4. The molecule has 52 heavy (non-hydrogen) atoms. The van der Waals surface area contributed by atoms with Gasteiger partial charge >= 0.3 is 0 Å². The van der Waals surface area contributed by atoms with Crippen molar-refractivity contribution in [1.29, 1.82) is 0 Å². The van der Waals surface area contributed by atoms with E-state index in [1.165, 1.54) is 0 Å². The number of aliphatic imine (C=N–C) groups is 4. The molecule has 12 heteroatoms. The van der Waals surface area contributed by atoms with Crippen molar-refractivity contribution in [2.45, 2.75) is 79.6 Å². The highest BCUT2D eigenvalue weighted by atomic mass is 16.2. The van der Waals surface area contributed by atoms with E-state index in [9.17, 15) is 19.2 Å². The lowest BCUT2D eigenvalue weighted by molar-refractivity contribution is -0.124. The number of benzene rings is 2. The van der Waals surface area contributed by atoms with Gasteiger partial charge in [-0.25, -0.2) is 0 Å². The molecule has 4 amide bonds. The summed E-state index contributed by atoms with van der Waals surface area (Å²) in [7, 11) is 0. The summed E-state index contributed by atoms with van der Waals surface area (Å²) in [6, 6.07) is 12.6. The van der Waals surface area contributed by atoms with Crippen LogP contribution in [0.25, 0.3) is 0 Å². The fourth-order valence-electron chi connectivity index (χ4n) is 5.33. The second kappa shape index (κ2) is 20.8. The van der Waals surface area contributed by atoms with E-state index in [4.69, 9.17) is 0 Å². The summed E-state index contributed by atoms with van der Waals surface area (Å²) in [5.41, 5.74) is 3.26. The van der Waals surface area contributed by atoms with Crippen LogP contribution in [-0.4, -0.2) is 98.8 Å². The molecule has 4 atom stereocenters. The summed E-state index contributed by atoms with van der Waals surface area (Å²) in [4.78, 5) is 70.4. The molecule has 0 spiro atoms. The first-order chi connectivity index (χ1) is 24.8. The summed E-state index contributed by atoms with van der Waals surface area (Å²) in [5, 5.41) is 11.6. The van der Waals surface area contributed by atoms with Gasteiger partial charge in [0.1, 0.15) is 24.2 Å². The number of amides is 4. The second-order valence-electron chi connectivity index (χ2n) is 14.4. The topological polar surface area (TPSA) is 166 Å². The Hall–Kier alpha value is -5.00. The van der Waals surface area contributed by atoms with Crippen molar-refractivity contribution >= 4 is 48.5 Å². The van der Waals surface area contributed by atoms with Crippen molar-refractivity contribution in [1.82, 2.24) is 21.3 Å². The molecule has 4 aliphatic rings. The van der Waals surface area contributed by atoms with Gasteiger partial charge in [-0.1, -0.05) is 104 Å². The van der Waals surface area contributed by atoms with Gasteiger partial charge < -0.3 is 21.3 Å². The molecule has 0 aliphatic carbocycles. The van der Waals surface area contributed by atoms with Gasteiger partial charge in [-0.05, 0) is 45.9 Å². The van der Waals surface area contributed by atoms with Crippen LogP contribution in [0.3, 0.4) is 0 Å². The molecule has 0 unspecified atom stereocenters. The van der Waals surface area contributed by atoms with E-state index >= 15 is 0 Å². The van der Waals surface area contributed by atoms with Gasteiger partial charge in [-0.15, -0.1) is 0 Å². The largest absolute Gasteiger partial charge is 0.352 e. The molecule has 0 saturated carbocycles. The van der Waals surface area contributed by atoms with Crippen LogP contribution in [0, 0.1) is 23.7 Å². The Morgan fingerprint density at radius 3 is 0.712 bits per heavy atom. The van der Waals surface area contributed by atoms with Crippen molar-refractivity contribution < 1.29 is 19.2 Å². The molecule has 4 N–H and O–H groups in total. The monoisotopic (exact) mass is 712 g/mol. The average molecular weight is 713 g/mol. The lowest BCUT2D eigenvalue weighted by Gasteiger charge is -2.18. The predicted molar refractivity (Wildman–Crippen MR) is 210 cm³/mol. The SMILES string of the molecule is CC(C)[C@@H]1N=Cc2ccc(cc2)C=N[C@@H](C(C)C)C(=O)NCCNC(=O)[C@H](C(C)C)N=Cc2ccc(cc2)C=N[C@@H](C(C)C)C(=O)NCCNC1=O. The van der Waals surface area contributed by atoms with Crippen LogP contribution < -0.4 is 21.3 Å². The lowest BCUT2D eigenvalue weighted by atomic mass is 10.0. The fraction of sp³-hybridized carbons (Fsp3) is 0.500. The first-order valence-corrected chi connectivity index (χ1v) is 18.2. The third kappa shape index (κ3) is 13.3. The van der Waals surface area contributed by atoms with Crippen molar-refractivity contribution in [3.63, 3.8) is 0 Å². The number of carbonyl (C=O) groups is 4. The van der Waals surface area contributed by atoms with E-state index in [1.807, 2.05) is 104 Å². The fourth-order valence-corrected chi connectivity index (χ4v) is 5.33. The van der Waals surface area contributed by atoms with Crippen LogP contribution in [0.2, 0.25) is 0 Å². The van der Waals surface area contributed by atoms with E-state index in [0.717, 1.165) is 22.3 Å². The van der Waals surface area contributed by atoms with Gasteiger partial charge in [0, 0.05) is 51.0 Å². The maximum Gasteiger partial charge on any atom is 0.245 e. The Morgan fingerprint density at radius 1 is 0.385 bits per heavy atom. The number of nitrogens with zero attached hydrogens (tertiary/aromatic N) is 4. The highest BCUT2D eigenvalue weighted by Crippen LogP contribution is 2.12. The Balaban J connectivity index is 1.83. The molecule has 0 radical (unpaired) electrons. The molecule has 4 bridgehead atoms. The standard InChI is InChI=1S/C40H56N8O4/c1-25(2)33-37(49)41-17-18-42-38(50)34(26(3)4)47-23-31-13-15-32(16-14-31)24-48-36(28(7)8)40(52)44-20-19-43-39(51)35(27(5)6)46-22-30-11-9-29(10-12-30)21-45-33/h9-16,21-28,33-36H,17-20H2,1-8H3,(H,41,49)(H,42,50)(H,43,51)(H,44,52)/t33-,34-,35-,36-/m0/s1. The summed E-state index contributed by atoms with van der Waals surface area (Å²) in [6.07, 6.45) is 6.70. The van der Waals surface area contributed by atoms with Gasteiger partial charge in [0.2, 0.25) is 23.6 Å². The minimum Gasteiger partial charge on any atom is -0.352 e. The normalized spacial score (nSPS) is 21.9. The Morgan fingerprint density at radius 2 is 0.558 bits per heavy atom. The van der Waals surface area contributed by atoms with Crippen molar-refractivity contribution in [3.8, 4) is 0 Å². The molecule has 4 aliphatic heterocycles. The molecule has 0 aromatic heterocycles. The lowest BCUT2D eigenvalue weighted by Crippen LogP contribution is -2.43. The minimum absolute atomic E-state index is 0.0478. The van der Waals surface area contributed by atoms with Crippen molar-refractivity contribution in [2.75, 3.05) is 26.2 Å². The highest BCUT2D eigenvalue weighted by molar-refractivity contribution is 5.91. The first kappa shape index (κ1) is 41.4. The quantitative estimate of drug-likeness (QED) is 0.381. The molecular weight excluding hydrogens is 656 g/mol. The molecule has 12 nitrogen and oxygen atoms in total. The van der Waals surface area contributed by atoms with Crippen molar-refractivity contribution in [3.05, 3.63) is 70.8 Å². The Kier molecular flexibility index (Phi) is 16.5. The molecule has 4 heterocycles. The van der Waals surface area contributed by atoms with Gasteiger partial charge in [0.05, 0.1) is 0 Å². The molecule has 0 saturated heterocycles. The molecular formula is C40H56N8O4. The van der Waals surface area contributed by atoms with E-state index in [-0.39, 0.29) is 73.5 Å². The average Bonchev–Trinajstić information content (AvgIpc) is 3.09. The number of hydrogen-bond acceptors (Lipinski definition) is 8. The van der Waals surface area contributed by atoms with Gasteiger partial charge in [0.15, 0.2) is 0 Å². The molecule has 0 fully saturated rings. The van der Waals surface area contributed by atoms with Crippen LogP contribution in [0.5, 0.6) is 0 Å². The van der Waals surface area contributed by atoms with E-state index in [1.54, 1.807) is 24.9 Å². The van der Waals surface area contributed by atoms with Crippen LogP contribution in [-0.2, 0) is 19.2 Å². The van der Waals surface area contributed by atoms with Crippen LogP contribution in [0.1, 0.15) is 77.6 Å². The molecule has 280 valence electrons. The van der Waals surface area contributed by atoms with Crippen LogP contribution in [0.4, 0.5) is 0 Å². The van der Waals surface area contributed by atoms with Gasteiger partial charge in [0.25, 0.3) is 0 Å². The third-order valence-electron chi connectivity index (χ3n) is 8.46. The van der Waals surface area contributed by atoms with Gasteiger partial charge in [-0.2, -0.15) is 0 Å². The van der Waals surface area contributed by atoms with Crippen molar-refractivity contribution in [2.24, 2.45) is 43.6 Å². The van der Waals surface area contributed by atoms with E-state index in [0.29, 0.717) is 0 Å². The predicted octanol–water partition coefficient (Wildman–Crippen LogP) is 3.64. The zero-order chi connectivity index (χ0) is 38.2. The molecule has 6 rings (SSSR count). The zero-order valence-electron chi connectivity index (χ0n) is 31.8. The maximum absolute atomic E-state index is 13.0. The third-order valence-corrected chi connectivity index (χ3v) is 8.46. The maximum atomic E-state index is 13.0. The number of carbonyl (C=O) groups excluding carboxylic acids is 4. The van der Waals surface area contributed by atoms with Crippen LogP contribution in [0.15, 0.2) is 68.5 Å². The minimum atomic E-state index is -0.605. The summed E-state index contributed by atoms with van der Waals surface area (Å²) < 4.78 is 0. The Bertz CT molecular complexity index is 1360. The molecule has 2 aromatic rings. The first-order valence-electron chi connectivity index (χ1n) is 18.2.